The van der Waals surface area contributed by atoms with Crippen LogP contribution in [0.5, 0.6) is 0 Å². The standard InChI is InChI=1S/C37H28N2Si/c1-5-17-29(18-6-1)39-35-27-15-14-26-34(35)38-37(39)33-25-13-16-28-36(33)40(30-19-7-2-8-20-30,31-21-9-3-10-22-31)32-23-11-4-12-24-32/h1-28H. The van der Waals surface area contributed by atoms with E-state index in [0.717, 1.165) is 28.1 Å². The van der Waals surface area contributed by atoms with Gasteiger partial charge in [-0.15, -0.1) is 0 Å². The summed E-state index contributed by atoms with van der Waals surface area (Å²) in [5.41, 5.74) is 4.35. The number of para-hydroxylation sites is 3. The summed E-state index contributed by atoms with van der Waals surface area (Å²) in [6.45, 7) is 0. The van der Waals surface area contributed by atoms with Crippen molar-refractivity contribution >= 4 is 39.9 Å². The Morgan fingerprint density at radius 1 is 0.425 bits per heavy atom. The molecule has 0 fully saturated rings. The van der Waals surface area contributed by atoms with Crippen LogP contribution in [0, 0.1) is 0 Å². The van der Waals surface area contributed by atoms with E-state index in [-0.39, 0.29) is 0 Å². The molecule has 190 valence electrons. The van der Waals surface area contributed by atoms with Gasteiger partial charge >= 0.3 is 0 Å². The van der Waals surface area contributed by atoms with E-state index in [9.17, 15) is 0 Å². The highest BCUT2D eigenvalue weighted by atomic mass is 28.3. The second kappa shape index (κ2) is 10.3. The Labute approximate surface area is 235 Å². The van der Waals surface area contributed by atoms with Crippen LogP contribution in [0.2, 0.25) is 0 Å². The first-order valence-electron chi connectivity index (χ1n) is 13.7. The predicted molar refractivity (Wildman–Crippen MR) is 170 cm³/mol. The van der Waals surface area contributed by atoms with Crippen LogP contribution in [0.4, 0.5) is 0 Å². The Morgan fingerprint density at radius 3 is 1.45 bits per heavy atom. The maximum atomic E-state index is 5.30. The van der Waals surface area contributed by atoms with Gasteiger partial charge < -0.3 is 0 Å². The van der Waals surface area contributed by atoms with Gasteiger partial charge in [0.1, 0.15) is 5.82 Å². The first-order valence-corrected chi connectivity index (χ1v) is 15.7. The monoisotopic (exact) mass is 528 g/mol. The molecule has 0 amide bonds. The molecule has 3 heteroatoms. The fourth-order valence-corrected chi connectivity index (χ4v) is 11.0. The van der Waals surface area contributed by atoms with Crippen LogP contribution in [0.3, 0.4) is 0 Å². The number of imidazole rings is 1. The summed E-state index contributed by atoms with van der Waals surface area (Å²) in [6, 6.07) is 61.1. The van der Waals surface area contributed by atoms with Crippen molar-refractivity contribution in [3.8, 4) is 17.1 Å². The van der Waals surface area contributed by atoms with E-state index >= 15 is 0 Å². The zero-order chi connectivity index (χ0) is 26.8. The van der Waals surface area contributed by atoms with E-state index in [0.29, 0.717) is 0 Å². The van der Waals surface area contributed by atoms with Crippen LogP contribution >= 0.6 is 0 Å². The maximum absolute atomic E-state index is 5.30. The molecule has 0 aliphatic heterocycles. The van der Waals surface area contributed by atoms with E-state index in [1.807, 2.05) is 0 Å². The second-order valence-electron chi connectivity index (χ2n) is 9.99. The van der Waals surface area contributed by atoms with E-state index in [1.165, 1.54) is 20.7 Å². The van der Waals surface area contributed by atoms with Crippen molar-refractivity contribution in [1.82, 2.24) is 9.55 Å². The van der Waals surface area contributed by atoms with Crippen molar-refractivity contribution in [2.75, 3.05) is 0 Å². The van der Waals surface area contributed by atoms with E-state index in [4.69, 9.17) is 4.98 Å². The summed E-state index contributed by atoms with van der Waals surface area (Å²) < 4.78 is 2.31. The van der Waals surface area contributed by atoms with E-state index in [1.54, 1.807) is 0 Å². The van der Waals surface area contributed by atoms with Crippen molar-refractivity contribution in [1.29, 1.82) is 0 Å². The van der Waals surface area contributed by atoms with Gasteiger partial charge in [0.25, 0.3) is 0 Å². The minimum Gasteiger partial charge on any atom is -0.292 e. The van der Waals surface area contributed by atoms with Crippen molar-refractivity contribution in [3.63, 3.8) is 0 Å². The zero-order valence-electron chi connectivity index (χ0n) is 22.1. The number of aromatic nitrogens is 2. The molecule has 0 atom stereocenters. The van der Waals surface area contributed by atoms with Gasteiger partial charge in [0.05, 0.1) is 11.0 Å². The lowest BCUT2D eigenvalue weighted by Gasteiger charge is -2.35. The van der Waals surface area contributed by atoms with Gasteiger partial charge in [0.2, 0.25) is 0 Å². The summed E-state index contributed by atoms with van der Waals surface area (Å²) in [6.07, 6.45) is 0. The second-order valence-corrected chi connectivity index (χ2v) is 13.8. The molecule has 7 aromatic rings. The first kappa shape index (κ1) is 24.1. The molecule has 0 aliphatic rings. The van der Waals surface area contributed by atoms with Crippen LogP contribution in [-0.4, -0.2) is 17.6 Å². The third-order valence-corrected chi connectivity index (χ3v) is 12.6. The molecule has 6 aromatic carbocycles. The highest BCUT2D eigenvalue weighted by molar-refractivity contribution is 7.20. The van der Waals surface area contributed by atoms with Gasteiger partial charge in [-0.1, -0.05) is 146 Å². The molecule has 1 aromatic heterocycles. The van der Waals surface area contributed by atoms with Gasteiger partial charge in [0, 0.05) is 11.3 Å². The molecule has 0 N–H and O–H groups in total. The lowest BCUT2D eigenvalue weighted by molar-refractivity contribution is 1.10. The van der Waals surface area contributed by atoms with Gasteiger partial charge in [-0.05, 0) is 45.0 Å². The summed E-state index contributed by atoms with van der Waals surface area (Å²) in [7, 11) is -2.75. The lowest BCUT2D eigenvalue weighted by Crippen LogP contribution is -2.75. The number of nitrogens with zero attached hydrogens (tertiary/aromatic N) is 2. The fourth-order valence-electron chi connectivity index (χ4n) is 6.08. The topological polar surface area (TPSA) is 17.8 Å². The average Bonchev–Trinajstić information content (AvgIpc) is 3.43. The lowest BCUT2D eigenvalue weighted by atomic mass is 10.2. The minimum absolute atomic E-state index is 0.961. The Bertz CT molecular complexity index is 1780. The van der Waals surface area contributed by atoms with Crippen LogP contribution in [0.1, 0.15) is 0 Å². The normalized spacial score (nSPS) is 11.5. The molecule has 0 saturated heterocycles. The molecule has 0 unspecified atom stereocenters. The molecule has 0 spiro atoms. The first-order chi connectivity index (χ1) is 19.9. The van der Waals surface area contributed by atoms with Crippen molar-refractivity contribution in [3.05, 3.63) is 170 Å². The average molecular weight is 529 g/mol. The van der Waals surface area contributed by atoms with Gasteiger partial charge in [-0.25, -0.2) is 4.98 Å². The molecule has 40 heavy (non-hydrogen) atoms. The Kier molecular flexibility index (Phi) is 6.19. The third-order valence-electron chi connectivity index (χ3n) is 7.77. The molecule has 7 rings (SSSR count). The molecule has 0 radical (unpaired) electrons. The van der Waals surface area contributed by atoms with Crippen LogP contribution in [0.25, 0.3) is 28.1 Å². The number of hydrogen-bond acceptors (Lipinski definition) is 1. The minimum atomic E-state index is -2.75. The predicted octanol–water partition coefficient (Wildman–Crippen LogP) is 6.07. The van der Waals surface area contributed by atoms with Crippen molar-refractivity contribution in [2.24, 2.45) is 0 Å². The summed E-state index contributed by atoms with van der Waals surface area (Å²) in [5.74, 6) is 0.961. The molecule has 0 bridgehead atoms. The van der Waals surface area contributed by atoms with Crippen LogP contribution in [-0.2, 0) is 0 Å². The molecule has 2 nitrogen and oxygen atoms in total. The summed E-state index contributed by atoms with van der Waals surface area (Å²) in [5, 5.41) is 5.37. The SMILES string of the molecule is c1ccc(-n2c(-c3ccccc3[Si](c3ccccc3)(c3ccccc3)c3ccccc3)nc3ccccc32)cc1. The quantitative estimate of drug-likeness (QED) is 0.189. The van der Waals surface area contributed by atoms with Gasteiger partial charge in [0.15, 0.2) is 8.07 Å². The van der Waals surface area contributed by atoms with Crippen molar-refractivity contribution < 1.29 is 0 Å². The largest absolute Gasteiger partial charge is 0.292 e. The fraction of sp³-hybridized carbons (Fsp3) is 0. The Balaban J connectivity index is 1.63. The third kappa shape index (κ3) is 3.91. The summed E-state index contributed by atoms with van der Waals surface area (Å²) >= 11 is 0. The molecule has 0 aliphatic carbocycles. The maximum Gasteiger partial charge on any atom is 0.180 e. The summed E-state index contributed by atoms with van der Waals surface area (Å²) in [4.78, 5) is 5.30. The molecular weight excluding hydrogens is 501 g/mol. The van der Waals surface area contributed by atoms with E-state index in [2.05, 4.69) is 174 Å². The zero-order valence-corrected chi connectivity index (χ0v) is 23.1. The highest BCUT2D eigenvalue weighted by Crippen LogP contribution is 2.29. The number of hydrogen-bond donors (Lipinski definition) is 0. The Hall–Kier alpha value is -4.99. The molecule has 1 heterocycles. The van der Waals surface area contributed by atoms with Crippen molar-refractivity contribution in [2.45, 2.75) is 0 Å². The Morgan fingerprint density at radius 2 is 0.875 bits per heavy atom. The van der Waals surface area contributed by atoms with Gasteiger partial charge in [-0.3, -0.25) is 4.57 Å². The molecule has 0 saturated carbocycles. The number of benzene rings is 6. The molecular formula is C37H28N2Si. The van der Waals surface area contributed by atoms with Crippen LogP contribution in [0.15, 0.2) is 170 Å². The highest BCUT2D eigenvalue weighted by Gasteiger charge is 2.43. The number of fused-ring (bicyclic) bond motifs is 1. The van der Waals surface area contributed by atoms with Gasteiger partial charge in [-0.2, -0.15) is 0 Å². The van der Waals surface area contributed by atoms with E-state index < -0.39 is 8.07 Å². The van der Waals surface area contributed by atoms with Crippen LogP contribution < -0.4 is 20.7 Å². The smallest absolute Gasteiger partial charge is 0.180 e. The number of rotatable bonds is 6.